The highest BCUT2D eigenvalue weighted by Crippen LogP contribution is 2.22. The average molecular weight is 630 g/mol. The number of halogens is 1. The summed E-state index contributed by atoms with van der Waals surface area (Å²) in [5, 5.41) is 0. The van der Waals surface area contributed by atoms with Crippen molar-refractivity contribution in [2.24, 2.45) is 5.92 Å². The van der Waals surface area contributed by atoms with Gasteiger partial charge < -0.3 is 14.4 Å². The van der Waals surface area contributed by atoms with Crippen LogP contribution < -0.4 is 0 Å². The van der Waals surface area contributed by atoms with E-state index in [2.05, 4.69) is 25.7 Å². The van der Waals surface area contributed by atoms with Crippen LogP contribution in [-0.4, -0.2) is 55.6 Å². The van der Waals surface area contributed by atoms with Gasteiger partial charge in [0, 0.05) is 25.3 Å². The van der Waals surface area contributed by atoms with E-state index in [1.54, 1.807) is 0 Å². The molecule has 0 saturated carbocycles. The lowest BCUT2D eigenvalue weighted by atomic mass is 9.92. The predicted molar refractivity (Wildman–Crippen MR) is 185 cm³/mol. The molecule has 0 aliphatic heterocycles. The molecule has 43 heavy (non-hydrogen) atoms. The predicted octanol–water partition coefficient (Wildman–Crippen LogP) is 11.0. The topological polar surface area (TPSA) is 55.8 Å². The van der Waals surface area contributed by atoms with Crippen molar-refractivity contribution in [3.63, 3.8) is 0 Å². The molecule has 0 aliphatic rings. The zero-order valence-corrected chi connectivity index (χ0v) is 29.7. The van der Waals surface area contributed by atoms with E-state index in [0.717, 1.165) is 64.6 Å². The van der Waals surface area contributed by atoms with E-state index in [-0.39, 0.29) is 11.9 Å². The molecule has 0 amide bonds. The fourth-order valence-electron chi connectivity index (χ4n) is 5.74. The summed E-state index contributed by atoms with van der Waals surface area (Å²) in [6.07, 6.45) is 28.7. The van der Waals surface area contributed by atoms with E-state index < -0.39 is 0 Å². The summed E-state index contributed by atoms with van der Waals surface area (Å²) in [6.45, 7) is 10.5. The van der Waals surface area contributed by atoms with E-state index in [0.29, 0.717) is 37.9 Å². The summed E-state index contributed by atoms with van der Waals surface area (Å²) >= 11 is 6.03. The molecule has 0 fully saturated rings. The molecule has 0 heterocycles. The van der Waals surface area contributed by atoms with Crippen LogP contribution in [0.3, 0.4) is 0 Å². The maximum atomic E-state index is 12.3. The third-order valence-electron chi connectivity index (χ3n) is 8.59. The molecule has 0 aromatic heterocycles. The first-order valence-electron chi connectivity index (χ1n) is 18.7. The van der Waals surface area contributed by atoms with Crippen molar-refractivity contribution < 1.29 is 19.1 Å². The Morgan fingerprint density at radius 2 is 0.977 bits per heavy atom. The molecule has 0 spiro atoms. The molecule has 0 aliphatic carbocycles. The van der Waals surface area contributed by atoms with Crippen LogP contribution in [0.2, 0.25) is 0 Å². The van der Waals surface area contributed by atoms with Crippen LogP contribution in [0.15, 0.2) is 0 Å². The van der Waals surface area contributed by atoms with E-state index in [1.165, 1.54) is 103 Å². The molecular weight excluding hydrogens is 558 g/mol. The number of rotatable bonds is 34. The molecule has 0 saturated heterocycles. The number of hydrogen-bond acceptors (Lipinski definition) is 5. The Kier molecular flexibility index (Phi) is 33.4. The molecule has 5 nitrogen and oxygen atoms in total. The van der Waals surface area contributed by atoms with Gasteiger partial charge in [-0.3, -0.25) is 9.59 Å². The van der Waals surface area contributed by atoms with Gasteiger partial charge in [-0.2, -0.15) is 0 Å². The summed E-state index contributed by atoms with van der Waals surface area (Å²) in [4.78, 5) is 26.7. The molecule has 0 bridgehead atoms. The number of unbranched alkanes of at least 4 members (excludes halogenated alkanes) is 15. The van der Waals surface area contributed by atoms with Crippen molar-refractivity contribution in [2.45, 2.75) is 181 Å². The highest BCUT2D eigenvalue weighted by molar-refractivity contribution is 6.18. The number of ether oxygens (including phenoxy) is 2. The van der Waals surface area contributed by atoms with E-state index in [9.17, 15) is 9.59 Å². The van der Waals surface area contributed by atoms with Gasteiger partial charge in [-0.1, -0.05) is 136 Å². The van der Waals surface area contributed by atoms with Gasteiger partial charge in [0.1, 0.15) is 0 Å². The summed E-state index contributed by atoms with van der Waals surface area (Å²) in [5.74, 6) is 1.17. The van der Waals surface area contributed by atoms with Crippen molar-refractivity contribution in [3.8, 4) is 0 Å². The Hall–Kier alpha value is -0.810. The van der Waals surface area contributed by atoms with Gasteiger partial charge in [0.05, 0.1) is 13.2 Å². The second kappa shape index (κ2) is 34.1. The quantitative estimate of drug-likeness (QED) is 0.0402. The average Bonchev–Trinajstić information content (AvgIpc) is 3.00. The van der Waals surface area contributed by atoms with Crippen molar-refractivity contribution in [1.29, 1.82) is 0 Å². The van der Waals surface area contributed by atoms with Gasteiger partial charge in [-0.25, -0.2) is 0 Å². The lowest BCUT2D eigenvalue weighted by molar-refractivity contribution is -0.145. The lowest BCUT2D eigenvalue weighted by Crippen LogP contribution is -2.28. The summed E-state index contributed by atoms with van der Waals surface area (Å²) in [6, 6.07) is 0. The number of esters is 2. The second-order valence-electron chi connectivity index (χ2n) is 12.7. The first-order chi connectivity index (χ1) is 21.1. The Balaban J connectivity index is 3.93. The molecule has 0 N–H and O–H groups in total. The molecule has 0 radical (unpaired) electrons. The number of carbonyl (C=O) groups excluding carboxylic acids is 2. The van der Waals surface area contributed by atoms with Crippen LogP contribution in [0.1, 0.15) is 181 Å². The third kappa shape index (κ3) is 31.0. The molecule has 0 unspecified atom stereocenters. The van der Waals surface area contributed by atoms with Crippen LogP contribution in [0.25, 0.3) is 0 Å². The smallest absolute Gasteiger partial charge is 0.305 e. The Morgan fingerprint density at radius 3 is 1.56 bits per heavy atom. The van der Waals surface area contributed by atoms with E-state index in [1.807, 2.05) is 0 Å². The monoisotopic (exact) mass is 630 g/mol. The number of nitrogens with zero attached hydrogens (tertiary/aromatic N) is 1. The first kappa shape index (κ1) is 42.2. The largest absolute Gasteiger partial charge is 0.466 e. The van der Waals surface area contributed by atoms with Gasteiger partial charge in [0.15, 0.2) is 0 Å². The van der Waals surface area contributed by atoms with Gasteiger partial charge >= 0.3 is 11.9 Å². The molecule has 0 atom stereocenters. The maximum absolute atomic E-state index is 12.3. The number of hydrogen-bond donors (Lipinski definition) is 0. The minimum Gasteiger partial charge on any atom is -0.466 e. The highest BCUT2D eigenvalue weighted by atomic mass is 35.5. The standard InChI is InChI=1S/C37H72ClNO4/c1-4-7-10-13-14-15-16-22-33-42-37(41)27-23-31-39(32-29-38)30-21-17-20-26-36(40)43-34-28-35(24-18-11-8-5-2)25-19-12-9-6-3/h35H,4-34H2,1-3H3. The molecule has 0 rings (SSSR count). The minimum absolute atomic E-state index is 0.0428. The maximum Gasteiger partial charge on any atom is 0.305 e. The van der Waals surface area contributed by atoms with Gasteiger partial charge in [-0.05, 0) is 51.1 Å². The molecule has 6 heteroatoms. The third-order valence-corrected chi connectivity index (χ3v) is 8.76. The Morgan fingerprint density at radius 1 is 0.512 bits per heavy atom. The molecule has 0 aromatic carbocycles. The van der Waals surface area contributed by atoms with Gasteiger partial charge in [0.2, 0.25) is 0 Å². The summed E-state index contributed by atoms with van der Waals surface area (Å²) in [5.41, 5.74) is 0. The van der Waals surface area contributed by atoms with Gasteiger partial charge in [0.25, 0.3) is 0 Å². The minimum atomic E-state index is -0.0772. The number of carbonyl (C=O) groups is 2. The van der Waals surface area contributed by atoms with Crippen molar-refractivity contribution in [3.05, 3.63) is 0 Å². The second-order valence-corrected chi connectivity index (χ2v) is 13.1. The Bertz CT molecular complexity index is 591. The van der Waals surface area contributed by atoms with Crippen molar-refractivity contribution >= 4 is 23.5 Å². The Labute approximate surface area is 272 Å². The molecular formula is C37H72ClNO4. The van der Waals surface area contributed by atoms with Crippen LogP contribution >= 0.6 is 11.6 Å². The van der Waals surface area contributed by atoms with Crippen LogP contribution in [0.5, 0.6) is 0 Å². The molecule has 256 valence electrons. The van der Waals surface area contributed by atoms with E-state index in [4.69, 9.17) is 21.1 Å². The number of alkyl halides is 1. The normalized spacial score (nSPS) is 11.5. The SMILES string of the molecule is CCCCCCCCCCOC(=O)CCCN(CCCl)CCCCCC(=O)OCCC(CCCCCC)CCCCCC. The van der Waals surface area contributed by atoms with E-state index >= 15 is 0 Å². The van der Waals surface area contributed by atoms with Crippen LogP contribution in [0.4, 0.5) is 0 Å². The van der Waals surface area contributed by atoms with Crippen molar-refractivity contribution in [1.82, 2.24) is 4.90 Å². The first-order valence-corrected chi connectivity index (χ1v) is 19.2. The molecule has 0 aromatic rings. The summed E-state index contributed by atoms with van der Waals surface area (Å²) < 4.78 is 11.1. The van der Waals surface area contributed by atoms with Crippen LogP contribution in [-0.2, 0) is 19.1 Å². The fourth-order valence-corrected chi connectivity index (χ4v) is 5.98. The lowest BCUT2D eigenvalue weighted by Gasteiger charge is -2.21. The zero-order valence-electron chi connectivity index (χ0n) is 29.0. The highest BCUT2D eigenvalue weighted by Gasteiger charge is 2.12. The van der Waals surface area contributed by atoms with Crippen LogP contribution in [0, 0.1) is 5.92 Å². The summed E-state index contributed by atoms with van der Waals surface area (Å²) in [7, 11) is 0. The zero-order chi connectivity index (χ0) is 31.6. The fraction of sp³-hybridized carbons (Fsp3) is 0.946. The van der Waals surface area contributed by atoms with Crippen molar-refractivity contribution in [2.75, 3.05) is 38.7 Å². The van der Waals surface area contributed by atoms with Gasteiger partial charge in [-0.15, -0.1) is 11.6 Å².